The number of nitrogens with zero attached hydrogens (tertiary/aromatic N) is 4. The van der Waals surface area contributed by atoms with E-state index in [0.717, 1.165) is 22.2 Å². The molecule has 2 bridgehead atoms. The predicted molar refractivity (Wildman–Crippen MR) is 141 cm³/mol. The number of pyridine rings is 1. The summed E-state index contributed by atoms with van der Waals surface area (Å²) in [5, 5.41) is 0. The standard InChI is InChI=1S/C28H25F2N4O4P/c1-33-22-14-21(25-18(27(33)35)3-2-4-23(25)38-28(29)30)34-20-13-16(5-7-19(20)32-26(22)34)17-6-8-24(31-15-17)39(36)11-9-37-10-12-39/h2-8,13,15,21-22,28H,9-12,14H2,1H3/t21-,22-/m1/s1. The molecule has 5 heterocycles. The first-order chi connectivity index (χ1) is 18.8. The predicted octanol–water partition coefficient (Wildman–Crippen LogP) is 4.84. The zero-order valence-electron chi connectivity index (χ0n) is 21.1. The maximum atomic E-state index is 13.3. The van der Waals surface area contributed by atoms with Crippen molar-refractivity contribution < 1.29 is 27.6 Å². The van der Waals surface area contributed by atoms with E-state index in [9.17, 15) is 18.1 Å². The zero-order valence-corrected chi connectivity index (χ0v) is 22.0. The van der Waals surface area contributed by atoms with Crippen molar-refractivity contribution in [3.05, 3.63) is 71.7 Å². The number of fused-ring (bicyclic) bond motifs is 9. The van der Waals surface area contributed by atoms with E-state index in [-0.39, 0.29) is 17.7 Å². The highest BCUT2D eigenvalue weighted by Crippen LogP contribution is 2.50. The van der Waals surface area contributed by atoms with Crippen molar-refractivity contribution in [1.82, 2.24) is 19.4 Å². The summed E-state index contributed by atoms with van der Waals surface area (Å²) in [5.41, 5.74) is 4.77. The number of carbonyl (C=O) groups excluding carboxylic acids is 1. The molecule has 2 aromatic heterocycles. The highest BCUT2D eigenvalue weighted by molar-refractivity contribution is 7.71. The molecule has 1 amide bonds. The van der Waals surface area contributed by atoms with Crippen molar-refractivity contribution >= 4 is 29.5 Å². The summed E-state index contributed by atoms with van der Waals surface area (Å²) < 4.78 is 52.3. The first-order valence-electron chi connectivity index (χ1n) is 12.8. The number of benzene rings is 2. The SMILES string of the molecule is CN1C(=O)c2cccc(OC(F)F)c2[C@H]2C[C@@H]1c1nc3ccc(-c4ccc(P5(=O)CCOCC5)nc4)cc3n12. The van der Waals surface area contributed by atoms with Crippen LogP contribution < -0.4 is 10.2 Å². The molecule has 3 aliphatic rings. The summed E-state index contributed by atoms with van der Waals surface area (Å²) in [5.74, 6) is 0.473. The minimum Gasteiger partial charge on any atom is -0.434 e. The highest BCUT2D eigenvalue weighted by Gasteiger charge is 2.45. The van der Waals surface area contributed by atoms with Gasteiger partial charge in [0, 0.05) is 48.7 Å². The van der Waals surface area contributed by atoms with Crippen molar-refractivity contribution in [2.24, 2.45) is 0 Å². The number of amides is 1. The van der Waals surface area contributed by atoms with E-state index < -0.39 is 19.8 Å². The topological polar surface area (TPSA) is 86.6 Å². The van der Waals surface area contributed by atoms with Crippen LogP contribution in [-0.4, -0.2) is 64.5 Å². The molecule has 0 N–H and O–H groups in total. The molecule has 0 saturated carbocycles. The molecule has 11 heteroatoms. The van der Waals surface area contributed by atoms with Gasteiger partial charge >= 0.3 is 6.61 Å². The zero-order chi connectivity index (χ0) is 26.9. The lowest BCUT2D eigenvalue weighted by Crippen LogP contribution is -2.30. The molecule has 0 radical (unpaired) electrons. The van der Waals surface area contributed by atoms with Crippen molar-refractivity contribution in [2.45, 2.75) is 25.1 Å². The molecule has 1 saturated heterocycles. The number of ether oxygens (including phenoxy) is 2. The van der Waals surface area contributed by atoms with Gasteiger partial charge in [-0.15, -0.1) is 0 Å². The smallest absolute Gasteiger partial charge is 0.387 e. The fraction of sp³-hybridized carbons (Fsp3) is 0.321. The van der Waals surface area contributed by atoms with E-state index in [4.69, 9.17) is 14.5 Å². The van der Waals surface area contributed by atoms with Gasteiger partial charge in [-0.1, -0.05) is 18.2 Å². The normalized spacial score (nSPS) is 21.6. The van der Waals surface area contributed by atoms with Crippen LogP contribution in [0.15, 0.2) is 54.7 Å². The van der Waals surface area contributed by atoms with Gasteiger partial charge in [-0.25, -0.2) is 4.98 Å². The molecule has 1 fully saturated rings. The summed E-state index contributed by atoms with van der Waals surface area (Å²) in [7, 11) is -0.819. The number of hydrogen-bond donors (Lipinski definition) is 0. The van der Waals surface area contributed by atoms with Gasteiger partial charge in [-0.2, -0.15) is 8.78 Å². The molecule has 200 valence electrons. The number of imidazole rings is 1. The number of rotatable bonds is 4. The molecule has 0 spiro atoms. The minimum atomic E-state index is -3.01. The summed E-state index contributed by atoms with van der Waals surface area (Å²) in [6.07, 6.45) is 3.26. The van der Waals surface area contributed by atoms with Crippen LogP contribution in [0.1, 0.15) is 40.3 Å². The first kappa shape index (κ1) is 24.4. The molecule has 4 aromatic rings. The average Bonchev–Trinajstić information content (AvgIpc) is 3.46. The Hall–Kier alpha value is -3.62. The summed E-state index contributed by atoms with van der Waals surface area (Å²) in [4.78, 5) is 24.4. The third kappa shape index (κ3) is 3.80. The number of aromatic nitrogens is 3. The third-order valence-electron chi connectivity index (χ3n) is 8.10. The molecule has 0 unspecified atom stereocenters. The lowest BCUT2D eigenvalue weighted by molar-refractivity contribution is -0.0507. The van der Waals surface area contributed by atoms with E-state index >= 15 is 0 Å². The van der Waals surface area contributed by atoms with Gasteiger partial charge in [0.25, 0.3) is 5.91 Å². The lowest BCUT2D eigenvalue weighted by atomic mass is 9.97. The number of halogens is 2. The first-order valence-corrected chi connectivity index (χ1v) is 14.9. The van der Waals surface area contributed by atoms with Crippen molar-refractivity contribution in [2.75, 3.05) is 32.6 Å². The quantitative estimate of drug-likeness (QED) is 0.338. The fourth-order valence-corrected chi connectivity index (χ4v) is 8.27. The van der Waals surface area contributed by atoms with Crippen LogP contribution in [-0.2, 0) is 9.30 Å². The van der Waals surface area contributed by atoms with Gasteiger partial charge in [0.05, 0.1) is 36.3 Å². The maximum absolute atomic E-state index is 13.3. The van der Waals surface area contributed by atoms with Gasteiger partial charge in [-0.05, 0) is 35.9 Å². The molecule has 7 rings (SSSR count). The monoisotopic (exact) mass is 550 g/mol. The second-order valence-corrected chi connectivity index (χ2v) is 13.3. The van der Waals surface area contributed by atoms with Crippen molar-refractivity contribution in [3.63, 3.8) is 0 Å². The van der Waals surface area contributed by atoms with Crippen LogP contribution in [0.5, 0.6) is 5.75 Å². The van der Waals surface area contributed by atoms with Crippen LogP contribution in [0.2, 0.25) is 0 Å². The van der Waals surface area contributed by atoms with Crippen LogP contribution in [0.25, 0.3) is 22.2 Å². The Balaban J connectivity index is 1.34. The Morgan fingerprint density at radius 3 is 2.62 bits per heavy atom. The van der Waals surface area contributed by atoms with Gasteiger partial charge in [0.15, 0.2) is 0 Å². The Kier molecular flexibility index (Phi) is 5.61. The van der Waals surface area contributed by atoms with Crippen LogP contribution in [0, 0.1) is 0 Å². The molecular formula is C28H25F2N4O4P. The molecule has 8 nitrogen and oxygen atoms in total. The van der Waals surface area contributed by atoms with E-state index in [2.05, 4.69) is 4.98 Å². The molecule has 3 aliphatic heterocycles. The summed E-state index contributed by atoms with van der Waals surface area (Å²) >= 11 is 0. The maximum Gasteiger partial charge on any atom is 0.387 e. The van der Waals surface area contributed by atoms with Gasteiger partial charge in [0.2, 0.25) is 0 Å². The highest BCUT2D eigenvalue weighted by atomic mass is 31.2. The van der Waals surface area contributed by atoms with Crippen LogP contribution in [0.4, 0.5) is 8.78 Å². The largest absolute Gasteiger partial charge is 0.434 e. The van der Waals surface area contributed by atoms with E-state index in [1.807, 2.05) is 34.9 Å². The number of hydrogen-bond acceptors (Lipinski definition) is 6. The molecule has 39 heavy (non-hydrogen) atoms. The van der Waals surface area contributed by atoms with Crippen LogP contribution in [0.3, 0.4) is 0 Å². The van der Waals surface area contributed by atoms with Crippen molar-refractivity contribution in [1.29, 1.82) is 0 Å². The average molecular weight is 551 g/mol. The number of alkyl halides is 2. The van der Waals surface area contributed by atoms with Crippen molar-refractivity contribution in [3.8, 4) is 16.9 Å². The second kappa shape index (κ2) is 8.96. The summed E-state index contributed by atoms with van der Waals surface area (Å²) in [6.45, 7) is -2.04. The van der Waals surface area contributed by atoms with Gasteiger partial charge < -0.3 is 23.5 Å². The molecule has 2 aromatic carbocycles. The van der Waals surface area contributed by atoms with E-state index in [1.54, 1.807) is 30.3 Å². The Morgan fingerprint density at radius 2 is 1.87 bits per heavy atom. The minimum absolute atomic E-state index is 0.00327. The van der Waals surface area contributed by atoms with Crippen LogP contribution >= 0.6 is 7.14 Å². The van der Waals surface area contributed by atoms with Gasteiger partial charge in [0.1, 0.15) is 24.2 Å². The Labute approximate surface area is 222 Å². The molecule has 0 aliphatic carbocycles. The van der Waals surface area contributed by atoms with Gasteiger partial charge in [-0.3, -0.25) is 9.78 Å². The van der Waals surface area contributed by atoms with E-state index in [1.165, 1.54) is 6.07 Å². The number of carbonyl (C=O) groups is 1. The second-order valence-electron chi connectivity index (χ2n) is 10.2. The summed E-state index contributed by atoms with van der Waals surface area (Å²) in [6, 6.07) is 13.7. The Bertz CT molecular complexity index is 1660. The van der Waals surface area contributed by atoms with E-state index in [0.29, 0.717) is 54.3 Å². The fourth-order valence-electron chi connectivity index (χ4n) is 6.12. The third-order valence-corrected chi connectivity index (χ3v) is 11.0. The Morgan fingerprint density at radius 1 is 1.08 bits per heavy atom. The molecule has 2 atom stereocenters. The lowest BCUT2D eigenvalue weighted by Gasteiger charge is -2.24. The molecular weight excluding hydrogens is 525 g/mol.